The molecule has 1 saturated heterocycles. The van der Waals surface area contributed by atoms with Crippen molar-refractivity contribution < 1.29 is 17.6 Å². The van der Waals surface area contributed by atoms with Crippen LogP contribution < -0.4 is 5.32 Å². The number of nitrogens with one attached hydrogen (secondary N) is 1. The Balaban J connectivity index is 0.00000162. The van der Waals surface area contributed by atoms with E-state index in [1.165, 1.54) is 6.07 Å². The summed E-state index contributed by atoms with van der Waals surface area (Å²) in [4.78, 5) is 0. The molecule has 0 saturated carbocycles. The quantitative estimate of drug-likeness (QED) is 0.766. The number of hydrogen-bond acceptors (Lipinski definition) is 1. The molecular weight excluding hydrogens is 270 g/mol. The van der Waals surface area contributed by atoms with Crippen molar-refractivity contribution >= 4 is 12.4 Å². The van der Waals surface area contributed by atoms with Gasteiger partial charge in [0.05, 0.1) is 5.56 Å². The van der Waals surface area contributed by atoms with Crippen LogP contribution in [-0.2, 0) is 6.18 Å². The van der Waals surface area contributed by atoms with E-state index < -0.39 is 17.6 Å². The number of alkyl halides is 3. The van der Waals surface area contributed by atoms with Crippen LogP contribution in [0.25, 0.3) is 0 Å². The molecule has 2 rings (SSSR count). The normalized spacial score (nSPS) is 20.3. The topological polar surface area (TPSA) is 12.0 Å². The highest BCUT2D eigenvalue weighted by Crippen LogP contribution is 2.33. The molecule has 1 nitrogen and oxygen atoms in total. The van der Waals surface area contributed by atoms with E-state index in [1.807, 2.05) is 0 Å². The summed E-state index contributed by atoms with van der Waals surface area (Å²) in [5, 5.41) is 3.11. The Morgan fingerprint density at radius 3 is 2.39 bits per heavy atom. The highest BCUT2D eigenvalue weighted by molar-refractivity contribution is 5.85. The third-order valence-electron chi connectivity index (χ3n) is 2.96. The molecule has 0 unspecified atom stereocenters. The summed E-state index contributed by atoms with van der Waals surface area (Å²) in [6, 6.07) is 2.58. The first kappa shape index (κ1) is 15.2. The van der Waals surface area contributed by atoms with Gasteiger partial charge in [-0.25, -0.2) is 4.39 Å². The second-order valence-corrected chi connectivity index (χ2v) is 4.27. The molecule has 6 heteroatoms. The second-order valence-electron chi connectivity index (χ2n) is 4.27. The maximum atomic E-state index is 13.2. The smallest absolute Gasteiger partial charge is 0.310 e. The molecule has 18 heavy (non-hydrogen) atoms. The fraction of sp³-hybridized carbons (Fsp3) is 0.500. The molecule has 1 aliphatic rings. The summed E-state index contributed by atoms with van der Waals surface area (Å²) in [5.74, 6) is -0.831. The van der Waals surface area contributed by atoms with Crippen molar-refractivity contribution in [3.63, 3.8) is 0 Å². The van der Waals surface area contributed by atoms with Crippen LogP contribution in [0.4, 0.5) is 17.6 Å². The zero-order chi connectivity index (χ0) is 12.5. The van der Waals surface area contributed by atoms with Crippen LogP contribution in [-0.4, -0.2) is 6.54 Å². The van der Waals surface area contributed by atoms with Gasteiger partial charge in [0, 0.05) is 6.04 Å². The van der Waals surface area contributed by atoms with Gasteiger partial charge in [0.25, 0.3) is 0 Å². The van der Waals surface area contributed by atoms with E-state index in [-0.39, 0.29) is 18.4 Å². The molecule has 1 aromatic rings. The predicted molar refractivity (Wildman–Crippen MR) is 63.2 cm³/mol. The maximum absolute atomic E-state index is 13.2. The van der Waals surface area contributed by atoms with Gasteiger partial charge < -0.3 is 5.32 Å². The van der Waals surface area contributed by atoms with Crippen molar-refractivity contribution in [2.24, 2.45) is 0 Å². The van der Waals surface area contributed by atoms with Crippen LogP contribution in [0.2, 0.25) is 0 Å². The summed E-state index contributed by atoms with van der Waals surface area (Å²) in [6.07, 6.45) is -1.78. The van der Waals surface area contributed by atoms with Crippen LogP contribution >= 0.6 is 12.4 Å². The number of benzene rings is 1. The molecule has 0 amide bonds. The van der Waals surface area contributed by atoms with E-state index in [1.54, 1.807) is 0 Å². The molecule has 0 bridgehead atoms. The summed E-state index contributed by atoms with van der Waals surface area (Å²) in [6.45, 7) is 0.766. The van der Waals surface area contributed by atoms with Gasteiger partial charge in [0.2, 0.25) is 0 Å². The Kier molecular flexibility index (Phi) is 4.99. The van der Waals surface area contributed by atoms with Gasteiger partial charge in [-0.15, -0.1) is 12.4 Å². The van der Waals surface area contributed by atoms with E-state index in [2.05, 4.69) is 5.32 Å². The molecule has 1 fully saturated rings. The van der Waals surface area contributed by atoms with Gasteiger partial charge >= 0.3 is 6.18 Å². The number of piperidine rings is 1. The summed E-state index contributed by atoms with van der Waals surface area (Å²) >= 11 is 0. The Bertz CT molecular complexity index is 400. The first-order chi connectivity index (χ1) is 7.97. The standard InChI is InChI=1S/C12H13F4N.ClH/c13-10-6-8(11-3-1-2-4-17-11)5-9(7-10)12(14,15)16;/h5-7,11,17H,1-4H2;1H/t11-;/m1./s1. The summed E-state index contributed by atoms with van der Waals surface area (Å²) in [5.41, 5.74) is -0.531. The van der Waals surface area contributed by atoms with Crippen LogP contribution in [0.1, 0.15) is 36.4 Å². The van der Waals surface area contributed by atoms with Gasteiger partial charge in [-0.3, -0.25) is 0 Å². The average Bonchev–Trinajstić information content (AvgIpc) is 2.28. The Labute approximate surface area is 109 Å². The van der Waals surface area contributed by atoms with Gasteiger partial charge in [-0.2, -0.15) is 13.2 Å². The zero-order valence-electron chi connectivity index (χ0n) is 9.56. The Hall–Kier alpha value is -0.810. The molecule has 0 spiro atoms. The minimum Gasteiger partial charge on any atom is -0.310 e. The monoisotopic (exact) mass is 283 g/mol. The predicted octanol–water partition coefficient (Wildman–Crippen LogP) is 4.08. The molecule has 0 aromatic heterocycles. The lowest BCUT2D eigenvalue weighted by Gasteiger charge is -2.24. The molecule has 102 valence electrons. The number of hydrogen-bond donors (Lipinski definition) is 1. The Morgan fingerprint density at radius 1 is 1.11 bits per heavy atom. The SMILES string of the molecule is Cl.Fc1cc([C@H]2CCCCN2)cc(C(F)(F)F)c1. The van der Waals surface area contributed by atoms with Crippen molar-refractivity contribution in [1.29, 1.82) is 0 Å². The first-order valence-electron chi connectivity index (χ1n) is 5.58. The van der Waals surface area contributed by atoms with Gasteiger partial charge in [0.15, 0.2) is 0 Å². The lowest BCUT2D eigenvalue weighted by molar-refractivity contribution is -0.137. The van der Waals surface area contributed by atoms with Crippen LogP contribution in [0.3, 0.4) is 0 Å². The minimum absolute atomic E-state index is 0. The third kappa shape index (κ3) is 3.59. The lowest BCUT2D eigenvalue weighted by atomic mass is 9.96. The third-order valence-corrected chi connectivity index (χ3v) is 2.96. The van der Waals surface area contributed by atoms with Crippen molar-refractivity contribution in [2.45, 2.75) is 31.5 Å². The average molecular weight is 284 g/mol. The van der Waals surface area contributed by atoms with Crippen LogP contribution in [0, 0.1) is 5.82 Å². The van der Waals surface area contributed by atoms with E-state index in [9.17, 15) is 17.6 Å². The van der Waals surface area contributed by atoms with Crippen LogP contribution in [0.5, 0.6) is 0 Å². The Morgan fingerprint density at radius 2 is 1.83 bits per heavy atom. The summed E-state index contributed by atoms with van der Waals surface area (Å²) < 4.78 is 50.8. The van der Waals surface area contributed by atoms with Gasteiger partial charge in [0.1, 0.15) is 5.82 Å². The maximum Gasteiger partial charge on any atom is 0.416 e. The fourth-order valence-electron chi connectivity index (χ4n) is 2.11. The zero-order valence-corrected chi connectivity index (χ0v) is 10.4. The molecule has 1 atom stereocenters. The molecule has 0 radical (unpaired) electrons. The van der Waals surface area contributed by atoms with Crippen molar-refractivity contribution in [3.05, 3.63) is 35.1 Å². The highest BCUT2D eigenvalue weighted by atomic mass is 35.5. The molecular formula is C12H14ClF4N. The van der Waals surface area contributed by atoms with Crippen molar-refractivity contribution in [1.82, 2.24) is 5.32 Å². The van der Waals surface area contributed by atoms with Crippen LogP contribution in [0.15, 0.2) is 18.2 Å². The minimum atomic E-state index is -4.49. The van der Waals surface area contributed by atoms with Gasteiger partial charge in [-0.1, -0.05) is 6.42 Å². The van der Waals surface area contributed by atoms with E-state index in [0.29, 0.717) is 11.6 Å². The number of rotatable bonds is 1. The number of halogens is 5. The van der Waals surface area contributed by atoms with Crippen molar-refractivity contribution in [2.75, 3.05) is 6.54 Å². The van der Waals surface area contributed by atoms with E-state index >= 15 is 0 Å². The molecule has 1 aliphatic heterocycles. The largest absolute Gasteiger partial charge is 0.416 e. The van der Waals surface area contributed by atoms with Gasteiger partial charge in [-0.05, 0) is 43.1 Å². The summed E-state index contributed by atoms with van der Waals surface area (Å²) in [7, 11) is 0. The molecule has 0 aliphatic carbocycles. The fourth-order valence-corrected chi connectivity index (χ4v) is 2.11. The van der Waals surface area contributed by atoms with E-state index in [4.69, 9.17) is 0 Å². The van der Waals surface area contributed by atoms with Crippen molar-refractivity contribution in [3.8, 4) is 0 Å². The van der Waals surface area contributed by atoms with E-state index in [0.717, 1.165) is 31.9 Å². The molecule has 1 N–H and O–H groups in total. The lowest BCUT2D eigenvalue weighted by Crippen LogP contribution is -2.27. The second kappa shape index (κ2) is 5.89. The highest BCUT2D eigenvalue weighted by Gasteiger charge is 2.32. The molecule has 1 aromatic carbocycles. The molecule has 1 heterocycles. The first-order valence-corrected chi connectivity index (χ1v) is 5.58.